The maximum atomic E-state index is 12.4. The Labute approximate surface area is 166 Å². The lowest BCUT2D eigenvalue weighted by Gasteiger charge is -2.10. The third-order valence-electron chi connectivity index (χ3n) is 4.13. The van der Waals surface area contributed by atoms with Crippen LogP contribution >= 0.6 is 0 Å². The van der Waals surface area contributed by atoms with Crippen LogP contribution in [0.1, 0.15) is 16.7 Å². The third-order valence-corrected chi connectivity index (χ3v) is 5.39. The molecular formula is C20H14N4O4S. The van der Waals surface area contributed by atoms with Crippen LogP contribution in [0.25, 0.3) is 11.1 Å². The van der Waals surface area contributed by atoms with Gasteiger partial charge in [-0.05, 0) is 36.8 Å². The molecule has 0 fully saturated rings. The number of benzene rings is 2. The van der Waals surface area contributed by atoms with Gasteiger partial charge in [0.15, 0.2) is 0 Å². The third kappa shape index (κ3) is 3.81. The van der Waals surface area contributed by atoms with Gasteiger partial charge < -0.3 is 14.9 Å². The number of nitrogens with one attached hydrogen (secondary N) is 1. The van der Waals surface area contributed by atoms with Crippen LogP contribution < -0.4 is 15.5 Å². The van der Waals surface area contributed by atoms with E-state index in [0.29, 0.717) is 5.56 Å². The molecule has 0 atom stereocenters. The van der Waals surface area contributed by atoms with Crippen LogP contribution in [0.3, 0.4) is 0 Å². The zero-order chi connectivity index (χ0) is 21.2. The minimum atomic E-state index is -4.03. The molecule has 0 unspecified atom stereocenters. The van der Waals surface area contributed by atoms with Crippen molar-refractivity contribution in [2.75, 3.05) is 5.73 Å². The topological polar surface area (TPSA) is 150 Å². The van der Waals surface area contributed by atoms with Crippen molar-refractivity contribution in [2.24, 2.45) is 0 Å². The second-order valence-electron chi connectivity index (χ2n) is 6.09. The molecule has 0 aliphatic carbocycles. The Morgan fingerprint density at radius 2 is 1.55 bits per heavy atom. The van der Waals surface area contributed by atoms with E-state index in [1.54, 1.807) is 18.2 Å². The predicted molar refractivity (Wildman–Crippen MR) is 105 cm³/mol. The van der Waals surface area contributed by atoms with E-state index in [9.17, 15) is 23.7 Å². The molecule has 29 heavy (non-hydrogen) atoms. The number of aromatic nitrogens is 1. The molecule has 0 aliphatic rings. The van der Waals surface area contributed by atoms with Crippen LogP contribution in [0.4, 0.5) is 5.82 Å². The highest BCUT2D eigenvalue weighted by atomic mass is 32.2. The van der Waals surface area contributed by atoms with Crippen molar-refractivity contribution in [1.82, 2.24) is 4.98 Å². The molecule has 0 radical (unpaired) electrons. The van der Waals surface area contributed by atoms with E-state index < -0.39 is 15.7 Å². The number of aryl methyl sites for hydroxylation is 1. The molecule has 0 saturated heterocycles. The summed E-state index contributed by atoms with van der Waals surface area (Å²) in [5, 5.41) is 18.7. The van der Waals surface area contributed by atoms with Gasteiger partial charge in [0.25, 0.3) is 5.56 Å². The summed E-state index contributed by atoms with van der Waals surface area (Å²) in [5.41, 5.74) is 5.97. The normalized spacial score (nSPS) is 10.7. The van der Waals surface area contributed by atoms with Gasteiger partial charge in [0.1, 0.15) is 39.7 Å². The molecule has 8 nitrogen and oxygen atoms in total. The fourth-order valence-corrected chi connectivity index (χ4v) is 3.62. The molecule has 3 N–H and O–H groups in total. The molecule has 0 saturated carbocycles. The largest absolute Gasteiger partial charge is 0.384 e. The molecule has 0 aliphatic heterocycles. The second-order valence-corrected chi connectivity index (χ2v) is 7.64. The number of pyridine rings is 1. The number of anilines is 1. The van der Waals surface area contributed by atoms with Gasteiger partial charge in [0.05, 0.1) is 0 Å². The Morgan fingerprint density at radius 1 is 0.966 bits per heavy atom. The molecule has 144 valence electrons. The zero-order valence-corrected chi connectivity index (χ0v) is 15.9. The highest BCUT2D eigenvalue weighted by molar-refractivity contribution is 7.87. The van der Waals surface area contributed by atoms with Crippen molar-refractivity contribution in [3.05, 3.63) is 75.6 Å². The van der Waals surface area contributed by atoms with Crippen LogP contribution in [-0.2, 0) is 10.1 Å². The number of hydrogen-bond acceptors (Lipinski definition) is 7. The first kappa shape index (κ1) is 19.7. The maximum absolute atomic E-state index is 12.4. The van der Waals surface area contributed by atoms with Gasteiger partial charge in [0, 0.05) is 5.56 Å². The molecule has 0 spiro atoms. The Hall–Kier alpha value is -4.08. The number of H-pyrrole nitrogens is 1. The number of nitrogens with zero attached hydrogens (tertiary/aromatic N) is 2. The molecule has 1 aromatic heterocycles. The van der Waals surface area contributed by atoms with Gasteiger partial charge in [-0.2, -0.15) is 18.9 Å². The fourth-order valence-electron chi connectivity index (χ4n) is 2.69. The van der Waals surface area contributed by atoms with Crippen LogP contribution in [0.2, 0.25) is 0 Å². The van der Waals surface area contributed by atoms with E-state index in [0.717, 1.165) is 5.56 Å². The van der Waals surface area contributed by atoms with Gasteiger partial charge in [-0.1, -0.05) is 29.8 Å². The number of aromatic amines is 1. The van der Waals surface area contributed by atoms with Gasteiger partial charge in [0.2, 0.25) is 0 Å². The Bertz CT molecular complexity index is 1330. The number of nitriles is 2. The summed E-state index contributed by atoms with van der Waals surface area (Å²) in [5.74, 6) is -0.127. The molecule has 3 aromatic rings. The van der Waals surface area contributed by atoms with Crippen molar-refractivity contribution < 1.29 is 12.6 Å². The van der Waals surface area contributed by atoms with E-state index in [1.807, 2.05) is 13.0 Å². The molecule has 0 amide bonds. The van der Waals surface area contributed by atoms with Crippen LogP contribution in [0, 0.1) is 29.6 Å². The lowest BCUT2D eigenvalue weighted by Crippen LogP contribution is -2.16. The zero-order valence-electron chi connectivity index (χ0n) is 15.1. The highest BCUT2D eigenvalue weighted by Crippen LogP contribution is 2.30. The molecular weight excluding hydrogens is 392 g/mol. The second kappa shape index (κ2) is 7.50. The van der Waals surface area contributed by atoms with Crippen molar-refractivity contribution in [3.63, 3.8) is 0 Å². The molecule has 3 rings (SSSR count). The minimum absolute atomic E-state index is 0.00748. The van der Waals surface area contributed by atoms with E-state index in [-0.39, 0.29) is 33.2 Å². The summed E-state index contributed by atoms with van der Waals surface area (Å²) in [6.07, 6.45) is 0. The minimum Gasteiger partial charge on any atom is -0.384 e. The summed E-state index contributed by atoms with van der Waals surface area (Å²) >= 11 is 0. The lowest BCUT2D eigenvalue weighted by molar-refractivity contribution is 0.486. The highest BCUT2D eigenvalue weighted by Gasteiger charge is 2.19. The van der Waals surface area contributed by atoms with Crippen LogP contribution in [0.15, 0.2) is 58.2 Å². The number of nitrogen functional groups attached to an aromatic ring is 1. The maximum Gasteiger partial charge on any atom is 0.339 e. The summed E-state index contributed by atoms with van der Waals surface area (Å²) in [6, 6.07) is 15.4. The van der Waals surface area contributed by atoms with E-state index in [1.165, 1.54) is 36.4 Å². The van der Waals surface area contributed by atoms with Crippen molar-refractivity contribution in [3.8, 4) is 29.0 Å². The fraction of sp³-hybridized carbons (Fsp3) is 0.0500. The summed E-state index contributed by atoms with van der Waals surface area (Å²) in [4.78, 5) is 14.3. The first-order valence-electron chi connectivity index (χ1n) is 8.24. The Morgan fingerprint density at radius 3 is 2.10 bits per heavy atom. The molecule has 9 heteroatoms. The van der Waals surface area contributed by atoms with Crippen molar-refractivity contribution >= 4 is 15.9 Å². The quantitative estimate of drug-likeness (QED) is 0.632. The van der Waals surface area contributed by atoms with Crippen LogP contribution in [-0.4, -0.2) is 13.4 Å². The first-order valence-corrected chi connectivity index (χ1v) is 9.65. The summed E-state index contributed by atoms with van der Waals surface area (Å²) in [7, 11) is -4.03. The lowest BCUT2D eigenvalue weighted by atomic mass is 9.97. The summed E-state index contributed by atoms with van der Waals surface area (Å²) < 4.78 is 29.9. The van der Waals surface area contributed by atoms with E-state index >= 15 is 0 Å². The average Bonchev–Trinajstić information content (AvgIpc) is 2.68. The Kier molecular flexibility index (Phi) is 5.09. The number of hydrogen-bond donors (Lipinski definition) is 2. The van der Waals surface area contributed by atoms with Crippen molar-refractivity contribution in [2.45, 2.75) is 11.8 Å². The molecule has 0 bridgehead atoms. The SMILES string of the molecule is Cc1ccc(S(=O)(=O)Oc2ccc(-c3c(C#N)c(N)[nH]c(=O)c3C#N)cc2)cc1. The van der Waals surface area contributed by atoms with Gasteiger partial charge >= 0.3 is 10.1 Å². The van der Waals surface area contributed by atoms with E-state index in [4.69, 9.17) is 9.92 Å². The molecule has 2 aromatic carbocycles. The smallest absolute Gasteiger partial charge is 0.339 e. The number of rotatable bonds is 4. The summed E-state index contributed by atoms with van der Waals surface area (Å²) in [6.45, 7) is 1.84. The number of nitrogens with two attached hydrogens (primary N) is 1. The molecule has 1 heterocycles. The first-order chi connectivity index (χ1) is 13.8. The average molecular weight is 406 g/mol. The van der Waals surface area contributed by atoms with Gasteiger partial charge in [-0.25, -0.2) is 0 Å². The standard InChI is InChI=1S/C20H14N4O4S/c1-12-2-8-15(9-3-12)29(26,27)28-14-6-4-13(5-7-14)18-16(10-21)19(23)24-20(25)17(18)11-22/h2-9H,1H3,(H3,23,24,25). The van der Waals surface area contributed by atoms with Gasteiger partial charge in [-0.15, -0.1) is 0 Å². The van der Waals surface area contributed by atoms with E-state index in [2.05, 4.69) is 4.98 Å². The predicted octanol–water partition coefficient (Wildman–Crippen LogP) is 2.44. The Balaban J connectivity index is 2.01. The van der Waals surface area contributed by atoms with Crippen molar-refractivity contribution in [1.29, 1.82) is 10.5 Å². The monoisotopic (exact) mass is 406 g/mol. The van der Waals surface area contributed by atoms with Crippen LogP contribution in [0.5, 0.6) is 5.75 Å². The van der Waals surface area contributed by atoms with Gasteiger partial charge in [-0.3, -0.25) is 4.79 Å².